The normalized spacial score (nSPS) is 13.3. The van der Waals surface area contributed by atoms with Gasteiger partial charge in [-0.1, -0.05) is 11.6 Å². The smallest absolute Gasteiger partial charge is 0.262 e. The van der Waals surface area contributed by atoms with Gasteiger partial charge in [-0.15, -0.1) is 0 Å². The molecule has 3 rings (SSSR count). The van der Waals surface area contributed by atoms with Crippen LogP contribution in [0.5, 0.6) is 11.5 Å². The molecule has 2 aromatic carbocycles. The van der Waals surface area contributed by atoms with E-state index in [1.165, 1.54) is 13.2 Å². The van der Waals surface area contributed by atoms with Crippen molar-refractivity contribution in [1.82, 2.24) is 0 Å². The Kier molecular flexibility index (Phi) is 4.12. The Labute approximate surface area is 140 Å². The van der Waals surface area contributed by atoms with Crippen molar-refractivity contribution in [2.75, 3.05) is 18.4 Å². The number of aryl methyl sites for hydroxylation is 1. The maximum Gasteiger partial charge on any atom is 0.262 e. The molecule has 0 amide bonds. The summed E-state index contributed by atoms with van der Waals surface area (Å²) in [6.45, 7) is 2.38. The van der Waals surface area contributed by atoms with Crippen LogP contribution in [0.25, 0.3) is 0 Å². The highest BCUT2D eigenvalue weighted by atomic mass is 35.5. The third-order valence-corrected chi connectivity index (χ3v) is 5.47. The van der Waals surface area contributed by atoms with Gasteiger partial charge in [-0.25, -0.2) is 8.42 Å². The van der Waals surface area contributed by atoms with Crippen molar-refractivity contribution in [3.8, 4) is 11.5 Å². The van der Waals surface area contributed by atoms with Gasteiger partial charge >= 0.3 is 0 Å². The first kappa shape index (κ1) is 16.0. The Balaban J connectivity index is 1.97. The van der Waals surface area contributed by atoms with Crippen molar-refractivity contribution < 1.29 is 17.9 Å². The van der Waals surface area contributed by atoms with E-state index in [1.807, 2.05) is 0 Å². The molecule has 0 radical (unpaired) electrons. The molecule has 5 nitrogen and oxygen atoms in total. The summed E-state index contributed by atoms with van der Waals surface area (Å²) in [5.74, 6) is 1.11. The Morgan fingerprint density at radius 2 is 2.04 bits per heavy atom. The van der Waals surface area contributed by atoms with E-state index in [0.29, 0.717) is 29.5 Å². The molecule has 0 atom stereocenters. The first-order valence-corrected chi connectivity index (χ1v) is 8.89. The lowest BCUT2D eigenvalue weighted by atomic mass is 10.2. The van der Waals surface area contributed by atoms with E-state index in [1.54, 1.807) is 31.2 Å². The van der Waals surface area contributed by atoms with Gasteiger partial charge < -0.3 is 9.47 Å². The number of anilines is 1. The van der Waals surface area contributed by atoms with Crippen molar-refractivity contribution in [1.29, 1.82) is 0 Å². The molecule has 1 heterocycles. The first-order chi connectivity index (χ1) is 10.9. The average molecular weight is 354 g/mol. The van der Waals surface area contributed by atoms with Crippen LogP contribution in [0.2, 0.25) is 5.02 Å². The molecule has 1 aliphatic rings. The molecule has 1 N–H and O–H groups in total. The van der Waals surface area contributed by atoms with Gasteiger partial charge in [0.1, 0.15) is 11.5 Å². The van der Waals surface area contributed by atoms with Gasteiger partial charge in [0.25, 0.3) is 10.0 Å². The number of rotatable bonds is 4. The number of nitrogens with one attached hydrogen (secondary N) is 1. The fraction of sp³-hybridized carbons (Fsp3) is 0.250. The lowest BCUT2D eigenvalue weighted by Crippen LogP contribution is -2.14. The molecule has 0 fully saturated rings. The predicted octanol–water partition coefficient (Wildman–Crippen LogP) is 3.39. The molecule has 0 aliphatic carbocycles. The molecular weight excluding hydrogens is 338 g/mol. The molecule has 7 heteroatoms. The van der Waals surface area contributed by atoms with Crippen molar-refractivity contribution in [3.05, 3.63) is 46.5 Å². The van der Waals surface area contributed by atoms with Crippen LogP contribution in [-0.2, 0) is 16.4 Å². The van der Waals surface area contributed by atoms with Crippen molar-refractivity contribution >= 4 is 27.3 Å². The van der Waals surface area contributed by atoms with Gasteiger partial charge in [-0.3, -0.25) is 4.72 Å². The minimum absolute atomic E-state index is 0.191. The summed E-state index contributed by atoms with van der Waals surface area (Å²) in [4.78, 5) is 0.191. The van der Waals surface area contributed by atoms with Gasteiger partial charge in [0.2, 0.25) is 0 Å². The number of fused-ring (bicyclic) bond motifs is 1. The maximum atomic E-state index is 12.6. The zero-order valence-electron chi connectivity index (χ0n) is 12.7. The van der Waals surface area contributed by atoms with Gasteiger partial charge in [-0.2, -0.15) is 0 Å². The lowest BCUT2D eigenvalue weighted by molar-refractivity contribution is 0.356. The standard InChI is InChI=1S/C16H16ClNO4S/c1-10-7-14(16(21-2)9-13(10)17)18-23(19,20)12-3-4-15-11(8-12)5-6-22-15/h3-4,7-9,18H,5-6H2,1-2H3. The maximum absolute atomic E-state index is 12.6. The monoisotopic (exact) mass is 353 g/mol. The van der Waals surface area contributed by atoms with E-state index >= 15 is 0 Å². The zero-order valence-corrected chi connectivity index (χ0v) is 14.3. The topological polar surface area (TPSA) is 64.6 Å². The summed E-state index contributed by atoms with van der Waals surface area (Å²) in [6.07, 6.45) is 0.710. The molecule has 122 valence electrons. The van der Waals surface area contributed by atoms with Crippen LogP contribution < -0.4 is 14.2 Å². The van der Waals surface area contributed by atoms with Crippen molar-refractivity contribution in [2.45, 2.75) is 18.2 Å². The molecule has 0 unspecified atom stereocenters. The molecule has 2 aromatic rings. The fourth-order valence-corrected chi connectivity index (χ4v) is 3.71. The van der Waals surface area contributed by atoms with Gasteiger partial charge in [0.15, 0.2) is 0 Å². The summed E-state index contributed by atoms with van der Waals surface area (Å²) >= 11 is 6.05. The minimum Gasteiger partial charge on any atom is -0.495 e. The van der Waals surface area contributed by atoms with Crippen LogP contribution in [0.1, 0.15) is 11.1 Å². The number of halogens is 1. The second kappa shape index (κ2) is 5.94. The fourth-order valence-electron chi connectivity index (χ4n) is 2.45. The average Bonchev–Trinajstić information content (AvgIpc) is 2.98. The number of benzene rings is 2. The van der Waals surface area contributed by atoms with E-state index in [9.17, 15) is 8.42 Å². The number of sulfonamides is 1. The highest BCUT2D eigenvalue weighted by molar-refractivity contribution is 7.92. The van der Waals surface area contributed by atoms with E-state index in [2.05, 4.69) is 4.72 Å². The van der Waals surface area contributed by atoms with Crippen LogP contribution >= 0.6 is 11.6 Å². The van der Waals surface area contributed by atoms with E-state index < -0.39 is 10.0 Å². The molecular formula is C16H16ClNO4S. The summed E-state index contributed by atoms with van der Waals surface area (Å²) in [5.41, 5.74) is 2.01. The molecule has 0 spiro atoms. The third kappa shape index (κ3) is 3.09. The highest BCUT2D eigenvalue weighted by Gasteiger charge is 2.21. The minimum atomic E-state index is -3.73. The van der Waals surface area contributed by atoms with Gasteiger partial charge in [0, 0.05) is 17.5 Å². The Bertz CT molecular complexity index is 865. The zero-order chi connectivity index (χ0) is 16.6. The molecule has 0 bridgehead atoms. The Morgan fingerprint density at radius 3 is 2.78 bits per heavy atom. The van der Waals surface area contributed by atoms with Crippen LogP contribution in [0, 0.1) is 6.92 Å². The summed E-state index contributed by atoms with van der Waals surface area (Å²) in [7, 11) is -2.26. The SMILES string of the molecule is COc1cc(Cl)c(C)cc1NS(=O)(=O)c1ccc2c(c1)CCO2. The molecule has 1 aliphatic heterocycles. The lowest BCUT2D eigenvalue weighted by Gasteiger charge is -2.14. The second-order valence-electron chi connectivity index (χ2n) is 5.28. The molecule has 23 heavy (non-hydrogen) atoms. The number of hydrogen-bond acceptors (Lipinski definition) is 4. The van der Waals surface area contributed by atoms with Crippen LogP contribution in [0.3, 0.4) is 0 Å². The largest absolute Gasteiger partial charge is 0.495 e. The van der Waals surface area contributed by atoms with E-state index in [0.717, 1.165) is 16.9 Å². The Morgan fingerprint density at radius 1 is 1.26 bits per heavy atom. The summed E-state index contributed by atoms with van der Waals surface area (Å²) < 4.78 is 38.4. The van der Waals surface area contributed by atoms with E-state index in [4.69, 9.17) is 21.1 Å². The van der Waals surface area contributed by atoms with Crippen molar-refractivity contribution in [3.63, 3.8) is 0 Å². The highest BCUT2D eigenvalue weighted by Crippen LogP contribution is 2.33. The summed E-state index contributed by atoms with van der Waals surface area (Å²) in [5, 5.41) is 0.513. The number of hydrogen-bond donors (Lipinski definition) is 1. The van der Waals surface area contributed by atoms with Crippen molar-refractivity contribution in [2.24, 2.45) is 0 Å². The van der Waals surface area contributed by atoms with Crippen LogP contribution in [0.15, 0.2) is 35.2 Å². The third-order valence-electron chi connectivity index (χ3n) is 3.70. The van der Waals surface area contributed by atoms with E-state index in [-0.39, 0.29) is 4.90 Å². The number of methoxy groups -OCH3 is 1. The van der Waals surface area contributed by atoms with Gasteiger partial charge in [0.05, 0.1) is 24.3 Å². The number of ether oxygens (including phenoxy) is 2. The predicted molar refractivity (Wildman–Crippen MR) is 89.2 cm³/mol. The summed E-state index contributed by atoms with van der Waals surface area (Å²) in [6, 6.07) is 8.09. The quantitative estimate of drug-likeness (QED) is 0.915. The van der Waals surface area contributed by atoms with Crippen LogP contribution in [-0.4, -0.2) is 22.1 Å². The molecule has 0 saturated heterocycles. The van der Waals surface area contributed by atoms with Gasteiger partial charge in [-0.05, 0) is 42.3 Å². The molecule has 0 aromatic heterocycles. The Hall–Kier alpha value is -1.92. The molecule has 0 saturated carbocycles. The first-order valence-electron chi connectivity index (χ1n) is 7.03. The second-order valence-corrected chi connectivity index (χ2v) is 7.36. The van der Waals surface area contributed by atoms with Crippen LogP contribution in [0.4, 0.5) is 5.69 Å².